The van der Waals surface area contributed by atoms with E-state index >= 15 is 0 Å². The maximum atomic E-state index is 12.0. The Hall–Kier alpha value is -0.140. The Labute approximate surface area is 122 Å². The molecule has 92 valence electrons. The predicted octanol–water partition coefficient (Wildman–Crippen LogP) is 2.70. The number of amides is 1. The van der Waals surface area contributed by atoms with Crippen molar-refractivity contribution in [3.05, 3.63) is 31.8 Å². The van der Waals surface area contributed by atoms with Gasteiger partial charge in [0.1, 0.15) is 0 Å². The van der Waals surface area contributed by atoms with Crippen LogP contribution in [0.4, 0.5) is 0 Å². The van der Waals surface area contributed by atoms with Crippen LogP contribution in [0.15, 0.2) is 22.7 Å². The van der Waals surface area contributed by atoms with Gasteiger partial charge in [-0.15, -0.1) is 0 Å². The Morgan fingerprint density at radius 2 is 2.24 bits per heavy atom. The van der Waals surface area contributed by atoms with Crippen molar-refractivity contribution < 1.29 is 9.90 Å². The smallest absolute Gasteiger partial charge is 0.252 e. The van der Waals surface area contributed by atoms with Crippen LogP contribution in [-0.4, -0.2) is 23.2 Å². The average Bonchev–Trinajstić information content (AvgIpc) is 2.26. The van der Waals surface area contributed by atoms with E-state index in [1.54, 1.807) is 6.07 Å². The van der Waals surface area contributed by atoms with Gasteiger partial charge in [0, 0.05) is 14.6 Å². The van der Waals surface area contributed by atoms with Gasteiger partial charge >= 0.3 is 0 Å². The molecule has 0 saturated heterocycles. The van der Waals surface area contributed by atoms with Crippen molar-refractivity contribution in [1.82, 2.24) is 5.32 Å². The third-order valence-corrected chi connectivity index (χ3v) is 4.47. The molecule has 17 heavy (non-hydrogen) atoms. The Morgan fingerprint density at radius 3 is 2.82 bits per heavy atom. The highest BCUT2D eigenvalue weighted by molar-refractivity contribution is 14.1. The molecule has 1 fully saturated rings. The van der Waals surface area contributed by atoms with E-state index in [0.717, 1.165) is 27.3 Å². The summed E-state index contributed by atoms with van der Waals surface area (Å²) in [4.78, 5) is 12.0. The zero-order valence-corrected chi connectivity index (χ0v) is 12.9. The quantitative estimate of drug-likeness (QED) is 0.754. The van der Waals surface area contributed by atoms with Crippen molar-refractivity contribution in [2.75, 3.05) is 6.54 Å². The first-order valence-corrected chi connectivity index (χ1v) is 7.33. The molecule has 0 aliphatic heterocycles. The fourth-order valence-corrected chi connectivity index (χ4v) is 2.71. The second-order valence-corrected chi connectivity index (χ2v) is 6.46. The molecule has 3 nitrogen and oxygen atoms in total. The molecule has 0 aromatic heterocycles. The third-order valence-electron chi connectivity index (χ3n) is 3.04. The molecular formula is C12H13BrINO2. The maximum Gasteiger partial charge on any atom is 0.252 e. The number of halogens is 2. The van der Waals surface area contributed by atoms with Crippen molar-refractivity contribution in [2.45, 2.75) is 24.9 Å². The normalized spacial score (nSPS) is 17.4. The molecular weight excluding hydrogens is 397 g/mol. The lowest BCUT2D eigenvalue weighted by molar-refractivity contribution is -0.0300. The first-order chi connectivity index (χ1) is 8.00. The molecule has 0 radical (unpaired) electrons. The van der Waals surface area contributed by atoms with E-state index in [2.05, 4.69) is 43.8 Å². The van der Waals surface area contributed by atoms with Gasteiger partial charge in [0.05, 0.1) is 11.2 Å². The summed E-state index contributed by atoms with van der Waals surface area (Å²) in [6.07, 6.45) is 2.60. The molecule has 1 aromatic carbocycles. The largest absolute Gasteiger partial charge is 0.388 e. The lowest BCUT2D eigenvalue weighted by Crippen LogP contribution is -2.47. The zero-order chi connectivity index (χ0) is 12.5. The minimum absolute atomic E-state index is 0.129. The molecule has 0 unspecified atom stereocenters. The molecule has 2 rings (SSSR count). The van der Waals surface area contributed by atoms with Gasteiger partial charge in [0.25, 0.3) is 5.91 Å². The predicted molar refractivity (Wildman–Crippen MR) is 78.0 cm³/mol. The number of nitrogens with one attached hydrogen (secondary N) is 1. The van der Waals surface area contributed by atoms with Crippen LogP contribution in [0, 0.1) is 3.57 Å². The van der Waals surface area contributed by atoms with E-state index in [-0.39, 0.29) is 5.91 Å². The van der Waals surface area contributed by atoms with Crippen LogP contribution in [0.25, 0.3) is 0 Å². The van der Waals surface area contributed by atoms with Gasteiger partial charge in [-0.05, 0) is 60.1 Å². The molecule has 5 heteroatoms. The number of hydrogen-bond donors (Lipinski definition) is 2. The number of carbonyl (C=O) groups excluding carboxylic acids is 1. The Kier molecular flexibility index (Phi) is 4.10. The SMILES string of the molecule is O=C(NCC1(O)CCC1)c1cc(Br)ccc1I. The van der Waals surface area contributed by atoms with E-state index in [1.807, 2.05) is 12.1 Å². The summed E-state index contributed by atoms with van der Waals surface area (Å²) in [5.74, 6) is -0.129. The first kappa shape index (κ1) is 13.3. The molecule has 0 spiro atoms. The molecule has 0 atom stereocenters. The summed E-state index contributed by atoms with van der Waals surface area (Å²) in [6.45, 7) is 0.342. The zero-order valence-electron chi connectivity index (χ0n) is 9.17. The van der Waals surface area contributed by atoms with Crippen LogP contribution in [0.2, 0.25) is 0 Å². The third kappa shape index (κ3) is 3.20. The summed E-state index contributed by atoms with van der Waals surface area (Å²) < 4.78 is 1.79. The summed E-state index contributed by atoms with van der Waals surface area (Å²) in [5.41, 5.74) is -0.0319. The molecule has 1 aliphatic carbocycles. The minimum atomic E-state index is -0.674. The molecule has 1 aliphatic rings. The number of aliphatic hydroxyl groups is 1. The highest BCUT2D eigenvalue weighted by atomic mass is 127. The summed E-state index contributed by atoms with van der Waals surface area (Å²) in [6, 6.07) is 5.58. The number of rotatable bonds is 3. The Balaban J connectivity index is 2.01. The van der Waals surface area contributed by atoms with Gasteiger partial charge in [-0.1, -0.05) is 15.9 Å². The first-order valence-electron chi connectivity index (χ1n) is 5.46. The molecule has 1 aromatic rings. The molecule has 0 heterocycles. The van der Waals surface area contributed by atoms with E-state index in [9.17, 15) is 9.90 Å². The van der Waals surface area contributed by atoms with E-state index in [1.165, 1.54) is 0 Å². The molecule has 1 saturated carbocycles. The van der Waals surface area contributed by atoms with E-state index < -0.39 is 5.60 Å². The second kappa shape index (κ2) is 5.24. The molecule has 2 N–H and O–H groups in total. The molecule has 1 amide bonds. The van der Waals surface area contributed by atoms with Gasteiger partial charge in [-0.2, -0.15) is 0 Å². The summed E-state index contributed by atoms with van der Waals surface area (Å²) >= 11 is 5.48. The summed E-state index contributed by atoms with van der Waals surface area (Å²) in [5, 5.41) is 12.7. The van der Waals surface area contributed by atoms with Gasteiger partial charge in [0.2, 0.25) is 0 Å². The van der Waals surface area contributed by atoms with Crippen LogP contribution < -0.4 is 5.32 Å². The topological polar surface area (TPSA) is 49.3 Å². The van der Waals surface area contributed by atoms with Crippen molar-refractivity contribution in [2.24, 2.45) is 0 Å². The van der Waals surface area contributed by atoms with Crippen molar-refractivity contribution in [1.29, 1.82) is 0 Å². The Morgan fingerprint density at radius 1 is 1.53 bits per heavy atom. The van der Waals surface area contributed by atoms with Gasteiger partial charge in [-0.3, -0.25) is 4.79 Å². The van der Waals surface area contributed by atoms with E-state index in [4.69, 9.17) is 0 Å². The molecule has 0 bridgehead atoms. The standard InChI is InChI=1S/C12H13BrINO2/c13-8-2-3-10(14)9(6-8)11(16)15-7-12(17)4-1-5-12/h2-3,6,17H,1,4-5,7H2,(H,15,16). The summed E-state index contributed by atoms with van der Waals surface area (Å²) in [7, 11) is 0. The number of hydrogen-bond acceptors (Lipinski definition) is 2. The second-order valence-electron chi connectivity index (χ2n) is 4.38. The van der Waals surface area contributed by atoms with Crippen LogP contribution in [0.3, 0.4) is 0 Å². The fraction of sp³-hybridized carbons (Fsp3) is 0.417. The monoisotopic (exact) mass is 409 g/mol. The van der Waals surface area contributed by atoms with Crippen LogP contribution in [0.1, 0.15) is 29.6 Å². The maximum absolute atomic E-state index is 12.0. The van der Waals surface area contributed by atoms with Crippen molar-refractivity contribution >= 4 is 44.4 Å². The van der Waals surface area contributed by atoms with Crippen molar-refractivity contribution in [3.8, 4) is 0 Å². The highest BCUT2D eigenvalue weighted by Gasteiger charge is 2.34. The lowest BCUT2D eigenvalue weighted by atomic mass is 9.80. The number of carbonyl (C=O) groups is 1. The van der Waals surface area contributed by atoms with Gasteiger partial charge < -0.3 is 10.4 Å². The van der Waals surface area contributed by atoms with Crippen LogP contribution in [-0.2, 0) is 0 Å². The van der Waals surface area contributed by atoms with Crippen LogP contribution in [0.5, 0.6) is 0 Å². The fourth-order valence-electron chi connectivity index (χ4n) is 1.77. The van der Waals surface area contributed by atoms with Gasteiger partial charge in [0.15, 0.2) is 0 Å². The Bertz CT molecular complexity index is 446. The van der Waals surface area contributed by atoms with Gasteiger partial charge in [-0.25, -0.2) is 0 Å². The average molecular weight is 410 g/mol. The highest BCUT2D eigenvalue weighted by Crippen LogP contribution is 2.30. The minimum Gasteiger partial charge on any atom is -0.388 e. The van der Waals surface area contributed by atoms with Crippen molar-refractivity contribution in [3.63, 3.8) is 0 Å². The van der Waals surface area contributed by atoms with Crippen LogP contribution >= 0.6 is 38.5 Å². The van der Waals surface area contributed by atoms with E-state index in [0.29, 0.717) is 12.1 Å². The number of benzene rings is 1. The lowest BCUT2D eigenvalue weighted by Gasteiger charge is -2.36.